The van der Waals surface area contributed by atoms with Gasteiger partial charge in [0.2, 0.25) is 5.91 Å². The highest BCUT2D eigenvalue weighted by Crippen LogP contribution is 2.23. The fourth-order valence-corrected chi connectivity index (χ4v) is 4.14. The highest BCUT2D eigenvalue weighted by atomic mass is 19.1. The molecule has 0 aliphatic carbocycles. The van der Waals surface area contributed by atoms with Crippen LogP contribution in [0.1, 0.15) is 29.3 Å². The van der Waals surface area contributed by atoms with Gasteiger partial charge in [-0.3, -0.25) is 9.69 Å². The van der Waals surface area contributed by atoms with Gasteiger partial charge in [0.05, 0.1) is 19.1 Å². The Bertz CT molecular complexity index is 1050. The lowest BCUT2D eigenvalue weighted by Gasteiger charge is -2.31. The minimum Gasteiger partial charge on any atom is -0.376 e. The van der Waals surface area contributed by atoms with Crippen molar-refractivity contribution in [2.45, 2.75) is 39.5 Å². The van der Waals surface area contributed by atoms with Crippen molar-refractivity contribution in [3.63, 3.8) is 0 Å². The molecule has 30 heavy (non-hydrogen) atoms. The molecule has 158 valence electrons. The molecule has 0 saturated carbocycles. The Balaban J connectivity index is 1.36. The van der Waals surface area contributed by atoms with Gasteiger partial charge in [0.25, 0.3) is 0 Å². The van der Waals surface area contributed by atoms with Gasteiger partial charge in [-0.05, 0) is 48.7 Å². The first-order valence-corrected chi connectivity index (χ1v) is 10.4. The molecule has 2 N–H and O–H groups in total. The van der Waals surface area contributed by atoms with Crippen LogP contribution in [0, 0.1) is 12.7 Å². The van der Waals surface area contributed by atoms with E-state index < -0.39 is 0 Å². The molecule has 1 atom stereocenters. The number of rotatable bonds is 6. The summed E-state index contributed by atoms with van der Waals surface area (Å²) in [6, 6.07) is 12.9. The van der Waals surface area contributed by atoms with Crippen molar-refractivity contribution in [3.05, 3.63) is 70.7 Å². The van der Waals surface area contributed by atoms with Crippen LogP contribution in [-0.2, 0) is 29.0 Å². The number of morpholine rings is 1. The number of amides is 1. The molecule has 3 aromatic rings. The molecule has 4 rings (SSSR count). The SMILES string of the molecule is Cc1[nH]c2ccc(F)cc2c1CC(=O)NCc1cccc(CN2CCOC(C)C2)c1. The van der Waals surface area contributed by atoms with Crippen molar-refractivity contribution >= 4 is 16.8 Å². The van der Waals surface area contributed by atoms with E-state index in [0.29, 0.717) is 6.54 Å². The molecule has 1 amide bonds. The smallest absolute Gasteiger partial charge is 0.224 e. The average molecular weight is 410 g/mol. The predicted molar refractivity (Wildman–Crippen MR) is 116 cm³/mol. The van der Waals surface area contributed by atoms with Crippen LogP contribution in [0.25, 0.3) is 10.9 Å². The number of aryl methyl sites for hydroxylation is 1. The summed E-state index contributed by atoms with van der Waals surface area (Å²) in [4.78, 5) is 18.2. The van der Waals surface area contributed by atoms with E-state index in [-0.39, 0.29) is 24.2 Å². The van der Waals surface area contributed by atoms with E-state index in [1.54, 1.807) is 6.07 Å². The summed E-state index contributed by atoms with van der Waals surface area (Å²) in [7, 11) is 0. The van der Waals surface area contributed by atoms with Crippen molar-refractivity contribution in [3.8, 4) is 0 Å². The second-order valence-corrected chi connectivity index (χ2v) is 8.11. The van der Waals surface area contributed by atoms with E-state index in [2.05, 4.69) is 34.3 Å². The minimum absolute atomic E-state index is 0.0735. The van der Waals surface area contributed by atoms with E-state index in [1.165, 1.54) is 17.7 Å². The Hall–Kier alpha value is -2.70. The number of H-pyrrole nitrogens is 1. The number of aromatic nitrogens is 1. The third kappa shape index (κ3) is 4.89. The van der Waals surface area contributed by atoms with Crippen LogP contribution >= 0.6 is 0 Å². The van der Waals surface area contributed by atoms with Gasteiger partial charge in [-0.15, -0.1) is 0 Å². The summed E-state index contributed by atoms with van der Waals surface area (Å²) in [5.74, 6) is -0.370. The molecule has 5 nitrogen and oxygen atoms in total. The summed E-state index contributed by atoms with van der Waals surface area (Å²) in [6.07, 6.45) is 0.489. The predicted octanol–water partition coefficient (Wildman–Crippen LogP) is 3.70. The number of nitrogens with zero attached hydrogens (tertiary/aromatic N) is 1. The number of benzene rings is 2. The fraction of sp³-hybridized carbons (Fsp3) is 0.375. The molecule has 2 heterocycles. The van der Waals surface area contributed by atoms with Crippen molar-refractivity contribution in [2.24, 2.45) is 0 Å². The maximum atomic E-state index is 13.6. The van der Waals surface area contributed by atoms with Gasteiger partial charge >= 0.3 is 0 Å². The third-order valence-electron chi connectivity index (χ3n) is 5.63. The lowest BCUT2D eigenvalue weighted by atomic mass is 10.1. The van der Waals surface area contributed by atoms with Crippen LogP contribution in [-0.4, -0.2) is 41.6 Å². The Morgan fingerprint density at radius 2 is 2.10 bits per heavy atom. The maximum absolute atomic E-state index is 13.6. The molecule has 1 unspecified atom stereocenters. The van der Waals surface area contributed by atoms with E-state index >= 15 is 0 Å². The quantitative estimate of drug-likeness (QED) is 0.653. The summed E-state index contributed by atoms with van der Waals surface area (Å²) in [5.41, 5.74) is 4.90. The zero-order chi connectivity index (χ0) is 21.1. The van der Waals surface area contributed by atoms with Crippen molar-refractivity contribution in [2.75, 3.05) is 19.7 Å². The molecule has 6 heteroatoms. The molecular weight excluding hydrogens is 381 g/mol. The molecule has 2 aromatic carbocycles. The Morgan fingerprint density at radius 3 is 2.93 bits per heavy atom. The first kappa shape index (κ1) is 20.6. The standard InChI is InChI=1S/C24H28FN3O2/c1-16-14-28(8-9-30-16)15-19-5-3-4-18(10-19)13-26-24(29)12-21-17(2)27-23-7-6-20(25)11-22(21)23/h3-7,10-11,16,27H,8-9,12-15H2,1-2H3,(H,26,29). The van der Waals surface area contributed by atoms with Crippen molar-refractivity contribution < 1.29 is 13.9 Å². The highest BCUT2D eigenvalue weighted by molar-refractivity contribution is 5.90. The number of ether oxygens (including phenoxy) is 1. The number of aromatic amines is 1. The highest BCUT2D eigenvalue weighted by Gasteiger charge is 2.17. The Labute approximate surface area is 176 Å². The van der Waals surface area contributed by atoms with Gasteiger partial charge in [-0.2, -0.15) is 0 Å². The number of hydrogen-bond donors (Lipinski definition) is 2. The van der Waals surface area contributed by atoms with Crippen molar-refractivity contribution in [1.29, 1.82) is 0 Å². The first-order valence-electron chi connectivity index (χ1n) is 10.4. The third-order valence-corrected chi connectivity index (χ3v) is 5.63. The van der Waals surface area contributed by atoms with E-state index in [4.69, 9.17) is 4.74 Å². The van der Waals surface area contributed by atoms with Gasteiger partial charge < -0.3 is 15.0 Å². The molecule has 1 aliphatic heterocycles. The molecule has 1 fully saturated rings. The maximum Gasteiger partial charge on any atom is 0.224 e. The van der Waals surface area contributed by atoms with Crippen LogP contribution in [0.5, 0.6) is 0 Å². The average Bonchev–Trinajstić information content (AvgIpc) is 3.01. The number of halogens is 1. The summed E-state index contributed by atoms with van der Waals surface area (Å²) < 4.78 is 19.2. The zero-order valence-corrected chi connectivity index (χ0v) is 17.5. The molecule has 1 aliphatic rings. The van der Waals surface area contributed by atoms with E-state index in [0.717, 1.165) is 54.0 Å². The number of fused-ring (bicyclic) bond motifs is 1. The Kier molecular flexibility index (Phi) is 6.16. The van der Waals surface area contributed by atoms with Gasteiger partial charge in [-0.25, -0.2) is 4.39 Å². The normalized spacial score (nSPS) is 17.4. The number of carbonyl (C=O) groups is 1. The van der Waals surface area contributed by atoms with Gasteiger partial charge in [0.1, 0.15) is 5.82 Å². The Morgan fingerprint density at radius 1 is 1.27 bits per heavy atom. The number of nitrogens with one attached hydrogen (secondary N) is 2. The van der Waals surface area contributed by atoms with E-state index in [9.17, 15) is 9.18 Å². The molecular formula is C24H28FN3O2. The van der Waals surface area contributed by atoms with Crippen LogP contribution < -0.4 is 5.32 Å². The van der Waals surface area contributed by atoms with Crippen LogP contribution in [0.15, 0.2) is 42.5 Å². The fourth-order valence-electron chi connectivity index (χ4n) is 4.14. The van der Waals surface area contributed by atoms with Crippen LogP contribution in [0.2, 0.25) is 0 Å². The second kappa shape index (κ2) is 8.98. The van der Waals surface area contributed by atoms with Gasteiger partial charge in [-0.1, -0.05) is 24.3 Å². The lowest BCUT2D eigenvalue weighted by Crippen LogP contribution is -2.40. The summed E-state index contributed by atoms with van der Waals surface area (Å²) in [6.45, 7) is 8.02. The van der Waals surface area contributed by atoms with Crippen LogP contribution in [0.3, 0.4) is 0 Å². The molecule has 0 bridgehead atoms. The van der Waals surface area contributed by atoms with Crippen LogP contribution in [0.4, 0.5) is 4.39 Å². The zero-order valence-electron chi connectivity index (χ0n) is 17.5. The lowest BCUT2D eigenvalue weighted by molar-refractivity contribution is -0.120. The number of hydrogen-bond acceptors (Lipinski definition) is 3. The van der Waals surface area contributed by atoms with Gasteiger partial charge in [0, 0.05) is 42.8 Å². The van der Waals surface area contributed by atoms with Gasteiger partial charge in [0.15, 0.2) is 0 Å². The monoisotopic (exact) mass is 409 g/mol. The molecule has 0 spiro atoms. The molecule has 1 aromatic heterocycles. The number of carbonyl (C=O) groups excluding carboxylic acids is 1. The largest absolute Gasteiger partial charge is 0.376 e. The molecule has 1 saturated heterocycles. The first-order chi connectivity index (χ1) is 14.5. The second-order valence-electron chi connectivity index (χ2n) is 8.11. The summed E-state index contributed by atoms with van der Waals surface area (Å²) in [5, 5.41) is 3.77. The molecule has 0 radical (unpaired) electrons. The minimum atomic E-state index is -0.297. The topological polar surface area (TPSA) is 57.4 Å². The van der Waals surface area contributed by atoms with E-state index in [1.807, 2.05) is 19.1 Å². The van der Waals surface area contributed by atoms with Crippen molar-refractivity contribution in [1.82, 2.24) is 15.2 Å². The summed E-state index contributed by atoms with van der Waals surface area (Å²) >= 11 is 0.